The van der Waals surface area contributed by atoms with Crippen LogP contribution in [0.5, 0.6) is 0 Å². The minimum absolute atomic E-state index is 0.0297. The molecular weight excluding hydrogens is 354 g/mol. The van der Waals surface area contributed by atoms with Crippen LogP contribution in [0, 0.1) is 6.92 Å². The Morgan fingerprint density at radius 1 is 1.11 bits per heavy atom. The van der Waals surface area contributed by atoms with Crippen molar-refractivity contribution in [2.24, 2.45) is 0 Å². The van der Waals surface area contributed by atoms with Crippen LogP contribution < -0.4 is 15.5 Å². The molecule has 0 radical (unpaired) electrons. The third-order valence-electron chi connectivity index (χ3n) is 4.89. The average Bonchev–Trinajstić information content (AvgIpc) is 2.67. The van der Waals surface area contributed by atoms with Gasteiger partial charge in [0.15, 0.2) is 0 Å². The number of carbonyl (C=O) groups excluding carboxylic acids is 3. The predicted octanol–water partition coefficient (Wildman–Crippen LogP) is 3.05. The average molecular weight is 379 g/mol. The maximum Gasteiger partial charge on any atom is 0.251 e. The Morgan fingerprint density at radius 2 is 1.89 bits per heavy atom. The van der Waals surface area contributed by atoms with E-state index >= 15 is 0 Å². The van der Waals surface area contributed by atoms with Crippen LogP contribution in [0.4, 0.5) is 11.4 Å². The lowest BCUT2D eigenvalue weighted by atomic mass is 10.0. The third kappa shape index (κ3) is 4.57. The van der Waals surface area contributed by atoms with E-state index in [-0.39, 0.29) is 30.7 Å². The van der Waals surface area contributed by atoms with Crippen LogP contribution in [0.25, 0.3) is 0 Å². The van der Waals surface area contributed by atoms with Gasteiger partial charge in [-0.05, 0) is 55.2 Å². The van der Waals surface area contributed by atoms with Gasteiger partial charge < -0.3 is 15.5 Å². The molecule has 146 valence electrons. The summed E-state index contributed by atoms with van der Waals surface area (Å²) < 4.78 is 0. The van der Waals surface area contributed by atoms with Gasteiger partial charge in [0.1, 0.15) is 0 Å². The quantitative estimate of drug-likeness (QED) is 0.838. The SMILES string of the molecule is CC(=O)N1CCCc2cc(NC(=O)CCNC(=O)c3ccccc3C)ccc21. The highest BCUT2D eigenvalue weighted by molar-refractivity contribution is 5.97. The Kier molecular flexibility index (Phi) is 6.09. The van der Waals surface area contributed by atoms with E-state index in [9.17, 15) is 14.4 Å². The summed E-state index contributed by atoms with van der Waals surface area (Å²) in [5.41, 5.74) is 4.21. The molecule has 0 atom stereocenters. The van der Waals surface area contributed by atoms with E-state index in [0.29, 0.717) is 11.3 Å². The molecule has 2 aromatic carbocycles. The molecule has 3 rings (SSSR count). The summed E-state index contributed by atoms with van der Waals surface area (Å²) >= 11 is 0. The Morgan fingerprint density at radius 3 is 2.64 bits per heavy atom. The number of fused-ring (bicyclic) bond motifs is 1. The minimum atomic E-state index is -0.177. The first-order chi connectivity index (χ1) is 13.5. The Bertz CT molecular complexity index is 908. The largest absolute Gasteiger partial charge is 0.352 e. The zero-order chi connectivity index (χ0) is 20.1. The molecule has 1 aliphatic rings. The van der Waals surface area contributed by atoms with Gasteiger partial charge >= 0.3 is 0 Å². The molecule has 28 heavy (non-hydrogen) atoms. The number of aryl methyl sites for hydroxylation is 2. The van der Waals surface area contributed by atoms with Gasteiger partial charge in [-0.15, -0.1) is 0 Å². The molecule has 0 spiro atoms. The van der Waals surface area contributed by atoms with Gasteiger partial charge in [0.05, 0.1) is 0 Å². The molecule has 3 amide bonds. The number of hydrogen-bond acceptors (Lipinski definition) is 3. The lowest BCUT2D eigenvalue weighted by Gasteiger charge is -2.29. The van der Waals surface area contributed by atoms with Gasteiger partial charge in [0, 0.05) is 43.4 Å². The Hall–Kier alpha value is -3.15. The number of hydrogen-bond donors (Lipinski definition) is 2. The van der Waals surface area contributed by atoms with E-state index in [4.69, 9.17) is 0 Å². The molecule has 1 heterocycles. The van der Waals surface area contributed by atoms with Crippen molar-refractivity contribution in [2.75, 3.05) is 23.3 Å². The molecule has 2 aromatic rings. The summed E-state index contributed by atoms with van der Waals surface area (Å²) in [6.45, 7) is 4.44. The molecule has 1 aliphatic heterocycles. The summed E-state index contributed by atoms with van der Waals surface area (Å²) in [7, 11) is 0. The van der Waals surface area contributed by atoms with Crippen molar-refractivity contribution >= 4 is 29.1 Å². The molecule has 0 saturated heterocycles. The van der Waals surface area contributed by atoms with Gasteiger partial charge in [-0.2, -0.15) is 0 Å². The predicted molar refractivity (Wildman–Crippen MR) is 110 cm³/mol. The zero-order valence-electron chi connectivity index (χ0n) is 16.2. The lowest BCUT2D eigenvalue weighted by molar-refractivity contribution is -0.117. The number of nitrogens with one attached hydrogen (secondary N) is 2. The highest BCUT2D eigenvalue weighted by atomic mass is 16.2. The highest BCUT2D eigenvalue weighted by Crippen LogP contribution is 2.29. The number of carbonyl (C=O) groups is 3. The maximum absolute atomic E-state index is 12.2. The molecule has 0 aromatic heterocycles. The monoisotopic (exact) mass is 379 g/mol. The van der Waals surface area contributed by atoms with E-state index in [2.05, 4.69) is 10.6 Å². The molecule has 2 N–H and O–H groups in total. The van der Waals surface area contributed by atoms with Crippen molar-refractivity contribution in [1.29, 1.82) is 0 Å². The van der Waals surface area contributed by atoms with Crippen molar-refractivity contribution in [3.63, 3.8) is 0 Å². The molecule has 0 saturated carbocycles. The van der Waals surface area contributed by atoms with Crippen molar-refractivity contribution in [3.05, 3.63) is 59.2 Å². The van der Waals surface area contributed by atoms with Crippen LogP contribution in [0.1, 0.15) is 41.3 Å². The minimum Gasteiger partial charge on any atom is -0.352 e. The van der Waals surface area contributed by atoms with Crippen molar-refractivity contribution in [1.82, 2.24) is 5.32 Å². The summed E-state index contributed by atoms with van der Waals surface area (Å²) in [6.07, 6.45) is 1.98. The number of anilines is 2. The Labute approximate surface area is 164 Å². The maximum atomic E-state index is 12.2. The van der Waals surface area contributed by atoms with E-state index in [0.717, 1.165) is 36.2 Å². The molecule has 0 fully saturated rings. The van der Waals surface area contributed by atoms with Crippen LogP contribution in [0.3, 0.4) is 0 Å². The third-order valence-corrected chi connectivity index (χ3v) is 4.89. The summed E-state index contributed by atoms with van der Waals surface area (Å²) in [5.74, 6) is -0.310. The first-order valence-corrected chi connectivity index (χ1v) is 9.50. The van der Waals surface area contributed by atoms with Gasteiger partial charge in [-0.3, -0.25) is 14.4 Å². The van der Waals surface area contributed by atoms with Gasteiger partial charge in [0.25, 0.3) is 5.91 Å². The number of benzene rings is 2. The molecular formula is C22H25N3O3. The van der Waals surface area contributed by atoms with Crippen LogP contribution in [0.2, 0.25) is 0 Å². The van der Waals surface area contributed by atoms with E-state index < -0.39 is 0 Å². The van der Waals surface area contributed by atoms with Gasteiger partial charge in [-0.25, -0.2) is 0 Å². The van der Waals surface area contributed by atoms with E-state index in [1.807, 2.05) is 43.3 Å². The number of rotatable bonds is 5. The number of nitrogens with zero attached hydrogens (tertiary/aromatic N) is 1. The first-order valence-electron chi connectivity index (χ1n) is 9.50. The molecule has 0 bridgehead atoms. The number of amides is 3. The van der Waals surface area contributed by atoms with Crippen LogP contribution in [-0.2, 0) is 16.0 Å². The van der Waals surface area contributed by atoms with Gasteiger partial charge in [0.2, 0.25) is 11.8 Å². The zero-order valence-corrected chi connectivity index (χ0v) is 16.2. The van der Waals surface area contributed by atoms with E-state index in [1.54, 1.807) is 17.9 Å². The summed E-state index contributed by atoms with van der Waals surface area (Å²) in [4.78, 5) is 37.9. The first kappa shape index (κ1) is 19.6. The highest BCUT2D eigenvalue weighted by Gasteiger charge is 2.20. The van der Waals surface area contributed by atoms with Crippen LogP contribution in [0.15, 0.2) is 42.5 Å². The lowest BCUT2D eigenvalue weighted by Crippen LogP contribution is -2.33. The van der Waals surface area contributed by atoms with Crippen molar-refractivity contribution < 1.29 is 14.4 Å². The smallest absolute Gasteiger partial charge is 0.251 e. The van der Waals surface area contributed by atoms with Crippen LogP contribution >= 0.6 is 0 Å². The Balaban J connectivity index is 1.53. The second kappa shape index (κ2) is 8.69. The molecule has 0 unspecified atom stereocenters. The standard InChI is InChI=1S/C22H25N3O3/c1-15-6-3-4-8-19(15)22(28)23-12-11-21(27)24-18-9-10-20-17(14-18)7-5-13-25(20)16(2)26/h3-4,6,8-10,14H,5,7,11-13H2,1-2H3,(H,23,28)(H,24,27). The normalized spacial score (nSPS) is 12.9. The second-order valence-corrected chi connectivity index (χ2v) is 6.99. The molecule has 6 nitrogen and oxygen atoms in total. The topological polar surface area (TPSA) is 78.5 Å². The molecule has 6 heteroatoms. The fourth-order valence-electron chi connectivity index (χ4n) is 3.44. The fraction of sp³-hybridized carbons (Fsp3) is 0.318. The van der Waals surface area contributed by atoms with Crippen molar-refractivity contribution in [3.8, 4) is 0 Å². The van der Waals surface area contributed by atoms with Crippen LogP contribution in [-0.4, -0.2) is 30.8 Å². The summed E-state index contributed by atoms with van der Waals surface area (Å²) in [5, 5.41) is 5.65. The fourth-order valence-corrected chi connectivity index (χ4v) is 3.44. The molecule has 0 aliphatic carbocycles. The van der Waals surface area contributed by atoms with E-state index in [1.165, 1.54) is 0 Å². The second-order valence-electron chi connectivity index (χ2n) is 6.99. The summed E-state index contributed by atoms with van der Waals surface area (Å²) in [6, 6.07) is 13.0. The van der Waals surface area contributed by atoms with Crippen molar-refractivity contribution in [2.45, 2.75) is 33.1 Å². The van der Waals surface area contributed by atoms with Gasteiger partial charge in [-0.1, -0.05) is 18.2 Å².